The molecule has 19 heavy (non-hydrogen) atoms. The van der Waals surface area contributed by atoms with E-state index in [4.69, 9.17) is 11.6 Å². The summed E-state index contributed by atoms with van der Waals surface area (Å²) >= 11 is 5.91. The first kappa shape index (κ1) is 14.3. The van der Waals surface area contributed by atoms with E-state index in [1.54, 1.807) is 6.07 Å². The molecular formula is C14H18ClFN2O. The van der Waals surface area contributed by atoms with Crippen molar-refractivity contribution in [2.75, 3.05) is 13.1 Å². The average Bonchev–Trinajstić information content (AvgIpc) is 2.37. The van der Waals surface area contributed by atoms with Crippen LogP contribution in [0.1, 0.15) is 18.9 Å². The van der Waals surface area contributed by atoms with Gasteiger partial charge in [0.1, 0.15) is 5.82 Å². The Morgan fingerprint density at radius 3 is 3.05 bits per heavy atom. The highest BCUT2D eigenvalue weighted by Gasteiger charge is 2.23. The highest BCUT2D eigenvalue weighted by molar-refractivity contribution is 6.31. The molecule has 0 aromatic heterocycles. The van der Waals surface area contributed by atoms with Gasteiger partial charge in [-0.15, -0.1) is 0 Å². The molecule has 1 fully saturated rings. The second-order valence-electron chi connectivity index (χ2n) is 5.02. The molecule has 0 aliphatic carbocycles. The first-order valence-electron chi connectivity index (χ1n) is 6.51. The van der Waals surface area contributed by atoms with Gasteiger partial charge in [-0.25, -0.2) is 4.39 Å². The molecule has 1 amide bonds. The maximum Gasteiger partial charge on any atom is 0.224 e. The predicted molar refractivity (Wildman–Crippen MR) is 73.7 cm³/mol. The van der Waals surface area contributed by atoms with Crippen LogP contribution < -0.4 is 10.6 Å². The van der Waals surface area contributed by atoms with E-state index in [-0.39, 0.29) is 23.9 Å². The number of rotatable bonds is 3. The largest absolute Gasteiger partial charge is 0.352 e. The number of hydrogen-bond acceptors (Lipinski definition) is 2. The minimum atomic E-state index is -0.433. The van der Waals surface area contributed by atoms with Crippen molar-refractivity contribution in [1.82, 2.24) is 10.6 Å². The van der Waals surface area contributed by atoms with Gasteiger partial charge in [-0.1, -0.05) is 24.6 Å². The standard InChI is InChI=1S/C14H18ClFN2O/c1-9-5-6-17-8-13(9)18-14(19)7-10-11(15)3-2-4-12(10)16/h2-4,9,13,17H,5-8H2,1H3,(H,18,19). The molecule has 104 valence electrons. The minimum absolute atomic E-state index is 0.0191. The molecule has 1 aliphatic rings. The van der Waals surface area contributed by atoms with Crippen molar-refractivity contribution in [3.8, 4) is 0 Å². The van der Waals surface area contributed by atoms with Crippen molar-refractivity contribution in [2.45, 2.75) is 25.8 Å². The smallest absolute Gasteiger partial charge is 0.224 e. The molecule has 2 unspecified atom stereocenters. The summed E-state index contributed by atoms with van der Waals surface area (Å²) in [6.45, 7) is 3.85. The van der Waals surface area contributed by atoms with Crippen LogP contribution in [0, 0.1) is 11.7 Å². The van der Waals surface area contributed by atoms with Crippen molar-refractivity contribution in [1.29, 1.82) is 0 Å². The Hall–Kier alpha value is -1.13. The van der Waals surface area contributed by atoms with Gasteiger partial charge in [0, 0.05) is 23.2 Å². The summed E-state index contributed by atoms with van der Waals surface area (Å²) in [5.74, 6) is -0.189. The normalized spacial score (nSPS) is 23.1. The lowest BCUT2D eigenvalue weighted by Crippen LogP contribution is -2.50. The van der Waals surface area contributed by atoms with E-state index in [2.05, 4.69) is 17.6 Å². The van der Waals surface area contributed by atoms with Gasteiger partial charge >= 0.3 is 0 Å². The van der Waals surface area contributed by atoms with Crippen molar-refractivity contribution < 1.29 is 9.18 Å². The van der Waals surface area contributed by atoms with Crippen LogP contribution in [0.25, 0.3) is 0 Å². The third kappa shape index (κ3) is 3.67. The van der Waals surface area contributed by atoms with Gasteiger partial charge in [-0.05, 0) is 31.0 Å². The second-order valence-corrected chi connectivity index (χ2v) is 5.43. The third-order valence-corrected chi connectivity index (χ3v) is 3.93. The molecule has 3 nitrogen and oxygen atoms in total. The highest BCUT2D eigenvalue weighted by atomic mass is 35.5. The highest BCUT2D eigenvalue weighted by Crippen LogP contribution is 2.19. The number of hydrogen-bond donors (Lipinski definition) is 2. The number of amides is 1. The number of benzene rings is 1. The molecule has 1 saturated heterocycles. The molecule has 1 heterocycles. The summed E-state index contributed by atoms with van der Waals surface area (Å²) in [6.07, 6.45) is 1.01. The van der Waals surface area contributed by atoms with Crippen molar-refractivity contribution in [3.63, 3.8) is 0 Å². The van der Waals surface area contributed by atoms with Crippen LogP contribution in [-0.2, 0) is 11.2 Å². The van der Waals surface area contributed by atoms with Gasteiger partial charge in [0.05, 0.1) is 6.42 Å². The topological polar surface area (TPSA) is 41.1 Å². The molecule has 2 rings (SSSR count). The van der Waals surface area contributed by atoms with Gasteiger partial charge in [0.2, 0.25) is 5.91 Å². The van der Waals surface area contributed by atoms with Gasteiger partial charge < -0.3 is 10.6 Å². The summed E-state index contributed by atoms with van der Waals surface area (Å²) in [5.41, 5.74) is 0.262. The van der Waals surface area contributed by atoms with Gasteiger partial charge in [-0.3, -0.25) is 4.79 Å². The molecule has 1 aromatic carbocycles. The summed E-state index contributed by atoms with van der Waals surface area (Å²) in [5, 5.41) is 6.48. The Labute approximate surface area is 117 Å². The van der Waals surface area contributed by atoms with E-state index >= 15 is 0 Å². The fourth-order valence-corrected chi connectivity index (χ4v) is 2.53. The molecule has 1 aliphatic heterocycles. The second kappa shape index (κ2) is 6.35. The van der Waals surface area contributed by atoms with E-state index < -0.39 is 5.82 Å². The molecule has 2 N–H and O–H groups in total. The first-order valence-corrected chi connectivity index (χ1v) is 6.88. The number of carbonyl (C=O) groups excluding carboxylic acids is 1. The van der Waals surface area contributed by atoms with Crippen molar-refractivity contribution in [3.05, 3.63) is 34.6 Å². The van der Waals surface area contributed by atoms with Crippen LogP contribution in [0.15, 0.2) is 18.2 Å². The molecule has 1 aromatic rings. The molecule has 0 spiro atoms. The lowest BCUT2D eigenvalue weighted by Gasteiger charge is -2.30. The lowest BCUT2D eigenvalue weighted by molar-refractivity contribution is -0.121. The number of carbonyl (C=O) groups is 1. The number of halogens is 2. The maximum absolute atomic E-state index is 13.6. The predicted octanol–water partition coefficient (Wildman–Crippen LogP) is 2.14. The van der Waals surface area contributed by atoms with Crippen LogP contribution in [0.2, 0.25) is 5.02 Å². The Morgan fingerprint density at radius 1 is 1.58 bits per heavy atom. The Morgan fingerprint density at radius 2 is 2.37 bits per heavy atom. The van der Waals surface area contributed by atoms with Gasteiger partial charge in [0.15, 0.2) is 0 Å². The zero-order chi connectivity index (χ0) is 13.8. The number of piperidine rings is 1. The molecule has 2 atom stereocenters. The fourth-order valence-electron chi connectivity index (χ4n) is 2.30. The van der Waals surface area contributed by atoms with E-state index in [1.807, 2.05) is 0 Å². The SMILES string of the molecule is CC1CCNCC1NC(=O)Cc1c(F)cccc1Cl. The van der Waals surface area contributed by atoms with Crippen LogP contribution in [-0.4, -0.2) is 25.0 Å². The van der Waals surface area contributed by atoms with Crippen molar-refractivity contribution in [2.24, 2.45) is 5.92 Å². The van der Waals surface area contributed by atoms with Crippen LogP contribution in [0.4, 0.5) is 4.39 Å². The fraction of sp³-hybridized carbons (Fsp3) is 0.500. The lowest BCUT2D eigenvalue weighted by atomic mass is 9.94. The molecular weight excluding hydrogens is 267 g/mol. The summed E-state index contributed by atoms with van der Waals surface area (Å²) in [7, 11) is 0. The monoisotopic (exact) mass is 284 g/mol. The van der Waals surface area contributed by atoms with Crippen molar-refractivity contribution >= 4 is 17.5 Å². The van der Waals surface area contributed by atoms with Gasteiger partial charge in [0.25, 0.3) is 0 Å². The average molecular weight is 285 g/mol. The Bertz CT molecular complexity index is 447. The van der Waals surface area contributed by atoms with Gasteiger partial charge in [-0.2, -0.15) is 0 Å². The molecule has 0 radical (unpaired) electrons. The molecule has 5 heteroatoms. The van der Waals surface area contributed by atoms with Crippen LogP contribution >= 0.6 is 11.6 Å². The first-order chi connectivity index (χ1) is 9.08. The molecule has 0 bridgehead atoms. The van der Waals surface area contributed by atoms with Crippen LogP contribution in [0.3, 0.4) is 0 Å². The van der Waals surface area contributed by atoms with Crippen LogP contribution in [0.5, 0.6) is 0 Å². The third-order valence-electron chi connectivity index (χ3n) is 3.57. The number of nitrogens with one attached hydrogen (secondary N) is 2. The minimum Gasteiger partial charge on any atom is -0.352 e. The Balaban J connectivity index is 1.97. The summed E-state index contributed by atoms with van der Waals surface area (Å²) in [6, 6.07) is 4.55. The van der Waals surface area contributed by atoms with E-state index in [0.29, 0.717) is 10.9 Å². The van der Waals surface area contributed by atoms with E-state index in [9.17, 15) is 9.18 Å². The summed E-state index contributed by atoms with van der Waals surface area (Å²) in [4.78, 5) is 12.0. The quantitative estimate of drug-likeness (QED) is 0.893. The van der Waals surface area contributed by atoms with E-state index in [1.165, 1.54) is 12.1 Å². The summed E-state index contributed by atoms with van der Waals surface area (Å²) < 4.78 is 13.6. The zero-order valence-electron chi connectivity index (χ0n) is 10.9. The zero-order valence-corrected chi connectivity index (χ0v) is 11.6. The Kier molecular flexibility index (Phi) is 4.77. The maximum atomic E-state index is 13.6. The molecule has 0 saturated carbocycles. The van der Waals surface area contributed by atoms with E-state index in [0.717, 1.165) is 19.5 Å².